The molecule has 0 spiro atoms. The number of ketones is 1. The number of nitrogens with zero attached hydrogens (tertiary/aromatic N) is 2. The van der Waals surface area contributed by atoms with E-state index in [-0.39, 0.29) is 11.3 Å². The molecule has 3 saturated carbocycles. The fraction of sp³-hybridized carbons (Fsp3) is 0.810. The Morgan fingerprint density at radius 3 is 2.92 bits per heavy atom. The van der Waals surface area contributed by atoms with Crippen LogP contribution in [-0.4, -0.2) is 27.0 Å². The summed E-state index contributed by atoms with van der Waals surface area (Å²) >= 11 is 0. The molecule has 1 N–H and O–H groups in total. The van der Waals surface area contributed by atoms with Crippen molar-refractivity contribution in [3.63, 3.8) is 0 Å². The van der Waals surface area contributed by atoms with Crippen LogP contribution in [0.4, 0.5) is 0 Å². The Bertz CT molecular complexity index is 599. The number of fused-ring (bicyclic) bond motifs is 3. The van der Waals surface area contributed by atoms with Crippen LogP contribution in [-0.2, 0) is 11.3 Å². The maximum Gasteiger partial charge on any atom is 0.156 e. The first-order valence-corrected chi connectivity index (χ1v) is 10.2. The molecule has 0 amide bonds. The van der Waals surface area contributed by atoms with Gasteiger partial charge in [-0.15, -0.1) is 0 Å². The van der Waals surface area contributed by atoms with Gasteiger partial charge in [0.15, 0.2) is 5.78 Å². The highest BCUT2D eigenvalue weighted by Gasteiger charge is 2.56. The number of aliphatic hydroxyl groups is 1. The van der Waals surface area contributed by atoms with E-state index < -0.39 is 0 Å². The number of rotatable bonds is 5. The molecule has 6 atom stereocenters. The highest BCUT2D eigenvalue weighted by Crippen LogP contribution is 2.62. The first kappa shape index (κ1) is 17.3. The van der Waals surface area contributed by atoms with Gasteiger partial charge in [-0.1, -0.05) is 13.3 Å². The molecule has 1 aromatic rings. The molecule has 1 heterocycles. The number of hydrogen-bond donors (Lipinski definition) is 1. The molecule has 1 aromatic heterocycles. The SMILES string of the molecule is C[C@]12CC[C@@H]3C[C@H](CCO)CC[C@H]3[C@@H]1CC[C@@H]2C(=O)Cn1ccnc1. The third kappa shape index (κ3) is 3.07. The fourth-order valence-corrected chi connectivity index (χ4v) is 6.71. The third-order valence-electron chi connectivity index (χ3n) is 7.95. The summed E-state index contributed by atoms with van der Waals surface area (Å²) < 4.78 is 1.92. The molecule has 138 valence electrons. The Kier molecular flexibility index (Phi) is 4.74. The van der Waals surface area contributed by atoms with Crippen molar-refractivity contribution in [3.8, 4) is 0 Å². The number of carbonyl (C=O) groups is 1. The number of imidazole rings is 1. The van der Waals surface area contributed by atoms with Crippen LogP contribution in [0.1, 0.15) is 58.3 Å². The fourth-order valence-electron chi connectivity index (χ4n) is 6.71. The normalized spacial score (nSPS) is 40.5. The van der Waals surface area contributed by atoms with Gasteiger partial charge in [-0.05, 0) is 74.0 Å². The van der Waals surface area contributed by atoms with Gasteiger partial charge in [0.2, 0.25) is 0 Å². The van der Waals surface area contributed by atoms with E-state index in [0.29, 0.717) is 18.9 Å². The predicted molar refractivity (Wildman–Crippen MR) is 96.8 cm³/mol. The zero-order valence-corrected chi connectivity index (χ0v) is 15.4. The Morgan fingerprint density at radius 2 is 2.16 bits per heavy atom. The lowest BCUT2D eigenvalue weighted by Crippen LogP contribution is -2.45. The van der Waals surface area contributed by atoms with Crippen molar-refractivity contribution < 1.29 is 9.90 Å². The smallest absolute Gasteiger partial charge is 0.156 e. The lowest BCUT2D eigenvalue weighted by atomic mass is 9.53. The van der Waals surface area contributed by atoms with Gasteiger partial charge in [-0.3, -0.25) is 4.79 Å². The van der Waals surface area contributed by atoms with Crippen molar-refractivity contribution in [1.29, 1.82) is 0 Å². The minimum atomic E-state index is 0.211. The van der Waals surface area contributed by atoms with Gasteiger partial charge < -0.3 is 9.67 Å². The Hall–Kier alpha value is -1.16. The van der Waals surface area contributed by atoms with Gasteiger partial charge in [0.25, 0.3) is 0 Å². The molecule has 4 heteroatoms. The molecule has 3 aliphatic carbocycles. The van der Waals surface area contributed by atoms with E-state index in [1.54, 1.807) is 12.5 Å². The second kappa shape index (κ2) is 6.86. The summed E-state index contributed by atoms with van der Waals surface area (Å²) in [4.78, 5) is 17.1. The predicted octanol–water partition coefficient (Wildman–Crippen LogP) is 3.69. The van der Waals surface area contributed by atoms with Crippen molar-refractivity contribution in [2.24, 2.45) is 35.0 Å². The van der Waals surface area contributed by atoms with E-state index in [4.69, 9.17) is 0 Å². The monoisotopic (exact) mass is 344 g/mol. The second-order valence-electron chi connectivity index (χ2n) is 9.10. The largest absolute Gasteiger partial charge is 0.396 e. The van der Waals surface area contributed by atoms with Crippen molar-refractivity contribution in [3.05, 3.63) is 18.7 Å². The highest BCUT2D eigenvalue weighted by molar-refractivity contribution is 5.82. The number of carbonyl (C=O) groups excluding carboxylic acids is 1. The number of hydrogen-bond acceptors (Lipinski definition) is 3. The molecule has 0 aromatic carbocycles. The summed E-state index contributed by atoms with van der Waals surface area (Å²) in [7, 11) is 0. The van der Waals surface area contributed by atoms with Crippen LogP contribution >= 0.6 is 0 Å². The third-order valence-corrected chi connectivity index (χ3v) is 7.95. The van der Waals surface area contributed by atoms with Gasteiger partial charge in [0, 0.05) is 24.9 Å². The van der Waals surface area contributed by atoms with E-state index >= 15 is 0 Å². The Morgan fingerprint density at radius 1 is 1.28 bits per heavy atom. The van der Waals surface area contributed by atoms with Gasteiger partial charge >= 0.3 is 0 Å². The van der Waals surface area contributed by atoms with E-state index in [2.05, 4.69) is 11.9 Å². The van der Waals surface area contributed by atoms with Crippen LogP contribution < -0.4 is 0 Å². The van der Waals surface area contributed by atoms with E-state index in [1.165, 1.54) is 38.5 Å². The molecule has 0 radical (unpaired) electrons. The van der Waals surface area contributed by atoms with Crippen LogP contribution in [0.2, 0.25) is 0 Å². The van der Waals surface area contributed by atoms with Crippen molar-refractivity contribution in [2.75, 3.05) is 6.61 Å². The van der Waals surface area contributed by atoms with Crippen molar-refractivity contribution >= 4 is 5.78 Å². The first-order chi connectivity index (χ1) is 12.1. The van der Waals surface area contributed by atoms with Gasteiger partial charge in [0.05, 0.1) is 12.9 Å². The first-order valence-electron chi connectivity index (χ1n) is 10.2. The molecular formula is C21H32N2O2. The summed E-state index contributed by atoms with van der Waals surface area (Å²) in [5.74, 6) is 3.77. The summed E-state index contributed by atoms with van der Waals surface area (Å²) in [6.07, 6.45) is 15.1. The summed E-state index contributed by atoms with van der Waals surface area (Å²) in [5.41, 5.74) is 0.211. The zero-order chi connectivity index (χ0) is 17.4. The Balaban J connectivity index is 1.46. The average molecular weight is 344 g/mol. The van der Waals surface area contributed by atoms with Crippen LogP contribution in [0.25, 0.3) is 0 Å². The minimum Gasteiger partial charge on any atom is -0.396 e. The molecule has 4 rings (SSSR count). The number of aromatic nitrogens is 2. The molecule has 0 saturated heterocycles. The number of Topliss-reactive ketones (excluding diaryl/α,β-unsaturated/α-hetero) is 1. The van der Waals surface area contributed by atoms with Crippen LogP contribution in [0, 0.1) is 35.0 Å². The quantitative estimate of drug-likeness (QED) is 0.886. The van der Waals surface area contributed by atoms with E-state index in [9.17, 15) is 9.90 Å². The van der Waals surface area contributed by atoms with Gasteiger partial charge in [-0.25, -0.2) is 4.98 Å². The lowest BCUT2D eigenvalue weighted by Gasteiger charge is -2.51. The Labute approximate surface area is 151 Å². The maximum atomic E-state index is 13.0. The van der Waals surface area contributed by atoms with Crippen LogP contribution in [0.3, 0.4) is 0 Å². The van der Waals surface area contributed by atoms with Crippen LogP contribution in [0.15, 0.2) is 18.7 Å². The lowest BCUT2D eigenvalue weighted by molar-refractivity contribution is -0.129. The molecule has 0 bridgehead atoms. The minimum absolute atomic E-state index is 0.211. The van der Waals surface area contributed by atoms with Gasteiger partial charge in [-0.2, -0.15) is 0 Å². The zero-order valence-electron chi connectivity index (χ0n) is 15.4. The van der Waals surface area contributed by atoms with E-state index in [0.717, 1.165) is 36.5 Å². The van der Waals surface area contributed by atoms with Crippen LogP contribution in [0.5, 0.6) is 0 Å². The standard InChI is InChI=1S/C21H32N2O2/c1-21-8-6-16-12-15(7-11-24)2-3-17(16)18(21)4-5-19(21)20(25)13-23-10-9-22-14-23/h9-10,14-19,24H,2-8,11-13H2,1H3/t15-,16+,17+,18-,19+,21-/m0/s1. The van der Waals surface area contributed by atoms with Crippen molar-refractivity contribution in [2.45, 2.75) is 64.8 Å². The second-order valence-corrected chi connectivity index (χ2v) is 9.10. The maximum absolute atomic E-state index is 13.0. The molecular weight excluding hydrogens is 312 g/mol. The summed E-state index contributed by atoms with van der Waals surface area (Å²) in [6, 6.07) is 0. The molecule has 4 nitrogen and oxygen atoms in total. The summed E-state index contributed by atoms with van der Waals surface area (Å²) in [5, 5.41) is 9.26. The molecule has 0 unspecified atom stereocenters. The average Bonchev–Trinajstić information content (AvgIpc) is 3.22. The summed E-state index contributed by atoms with van der Waals surface area (Å²) in [6.45, 7) is 3.24. The molecule has 3 fully saturated rings. The van der Waals surface area contributed by atoms with Gasteiger partial charge in [0.1, 0.15) is 0 Å². The molecule has 3 aliphatic rings. The van der Waals surface area contributed by atoms with Crippen molar-refractivity contribution in [1.82, 2.24) is 9.55 Å². The number of aliphatic hydroxyl groups excluding tert-OH is 1. The molecule has 25 heavy (non-hydrogen) atoms. The van der Waals surface area contributed by atoms with E-state index in [1.807, 2.05) is 10.8 Å². The topological polar surface area (TPSA) is 55.1 Å². The highest BCUT2D eigenvalue weighted by atomic mass is 16.3. The molecule has 0 aliphatic heterocycles.